The van der Waals surface area contributed by atoms with Gasteiger partial charge in [0.2, 0.25) is 0 Å². The smallest absolute Gasteiger partial charge is 0.191 e. The summed E-state index contributed by atoms with van der Waals surface area (Å²) >= 11 is 1.65. The molecule has 0 spiro atoms. The maximum Gasteiger partial charge on any atom is 0.191 e. The Kier molecular flexibility index (Phi) is 7.06. The van der Waals surface area contributed by atoms with E-state index in [-0.39, 0.29) is 0 Å². The molecule has 0 fully saturated rings. The highest BCUT2D eigenvalue weighted by Crippen LogP contribution is 2.19. The minimum Gasteiger partial charge on any atom is -0.496 e. The van der Waals surface area contributed by atoms with Crippen LogP contribution >= 0.6 is 11.3 Å². The predicted molar refractivity (Wildman–Crippen MR) is 101 cm³/mol. The molecule has 1 heterocycles. The Morgan fingerprint density at radius 3 is 2.79 bits per heavy atom. The van der Waals surface area contributed by atoms with E-state index in [9.17, 15) is 0 Å². The molecule has 6 heteroatoms. The molecule has 0 aliphatic carbocycles. The first-order valence-electron chi connectivity index (χ1n) is 8.18. The highest BCUT2D eigenvalue weighted by atomic mass is 32.1. The van der Waals surface area contributed by atoms with E-state index >= 15 is 0 Å². The number of benzene rings is 1. The fourth-order valence-corrected chi connectivity index (χ4v) is 3.09. The van der Waals surface area contributed by atoms with Crippen LogP contribution in [0.1, 0.15) is 28.6 Å². The molecular formula is C18H26N4OS. The molecule has 0 saturated heterocycles. The lowest BCUT2D eigenvalue weighted by Crippen LogP contribution is -2.38. The average Bonchev–Trinajstić information content (AvgIpc) is 2.98. The number of aryl methyl sites for hydroxylation is 2. The van der Waals surface area contributed by atoms with Gasteiger partial charge in [0.15, 0.2) is 5.96 Å². The SMILES string of the molecule is CCNC(=NCc1scnc1C)NCCc1cc(C)ccc1OC. The van der Waals surface area contributed by atoms with Gasteiger partial charge in [-0.05, 0) is 38.8 Å². The van der Waals surface area contributed by atoms with Crippen molar-refractivity contribution < 1.29 is 4.74 Å². The summed E-state index contributed by atoms with van der Waals surface area (Å²) in [4.78, 5) is 10.1. The van der Waals surface area contributed by atoms with Crippen LogP contribution < -0.4 is 15.4 Å². The number of aromatic nitrogens is 1. The van der Waals surface area contributed by atoms with Gasteiger partial charge >= 0.3 is 0 Å². The van der Waals surface area contributed by atoms with E-state index in [4.69, 9.17) is 4.74 Å². The molecule has 2 rings (SSSR count). The molecule has 1 aromatic heterocycles. The van der Waals surface area contributed by atoms with Gasteiger partial charge in [-0.2, -0.15) is 0 Å². The van der Waals surface area contributed by atoms with Crippen LogP contribution in [-0.2, 0) is 13.0 Å². The molecule has 0 atom stereocenters. The number of rotatable bonds is 7. The van der Waals surface area contributed by atoms with E-state index in [1.165, 1.54) is 16.0 Å². The molecular weight excluding hydrogens is 320 g/mol. The normalized spacial score (nSPS) is 11.4. The van der Waals surface area contributed by atoms with Crippen LogP contribution in [0.15, 0.2) is 28.7 Å². The fraction of sp³-hybridized carbons (Fsp3) is 0.444. The zero-order chi connectivity index (χ0) is 17.4. The van der Waals surface area contributed by atoms with Gasteiger partial charge in [0, 0.05) is 18.0 Å². The topological polar surface area (TPSA) is 58.5 Å². The maximum absolute atomic E-state index is 5.44. The Morgan fingerprint density at radius 1 is 1.29 bits per heavy atom. The zero-order valence-electron chi connectivity index (χ0n) is 14.8. The zero-order valence-corrected chi connectivity index (χ0v) is 15.7. The van der Waals surface area contributed by atoms with Crippen molar-refractivity contribution in [2.45, 2.75) is 33.7 Å². The highest BCUT2D eigenvalue weighted by molar-refractivity contribution is 7.09. The van der Waals surface area contributed by atoms with Crippen molar-refractivity contribution >= 4 is 17.3 Å². The number of thiazole rings is 1. The molecule has 0 radical (unpaired) electrons. The molecule has 0 saturated carbocycles. The Morgan fingerprint density at radius 2 is 2.12 bits per heavy atom. The van der Waals surface area contributed by atoms with Gasteiger partial charge in [-0.15, -0.1) is 11.3 Å². The lowest BCUT2D eigenvalue weighted by Gasteiger charge is -2.13. The monoisotopic (exact) mass is 346 g/mol. The molecule has 0 aliphatic rings. The minimum atomic E-state index is 0.652. The quantitative estimate of drug-likeness (QED) is 0.597. The molecule has 0 aliphatic heterocycles. The number of guanidine groups is 1. The van der Waals surface area contributed by atoms with Crippen molar-refractivity contribution in [3.63, 3.8) is 0 Å². The first-order valence-corrected chi connectivity index (χ1v) is 9.06. The van der Waals surface area contributed by atoms with Crippen LogP contribution in [0, 0.1) is 13.8 Å². The van der Waals surface area contributed by atoms with E-state index in [1.54, 1.807) is 18.4 Å². The van der Waals surface area contributed by atoms with Crippen LogP contribution in [-0.4, -0.2) is 31.1 Å². The summed E-state index contributed by atoms with van der Waals surface area (Å²) in [5.74, 6) is 1.77. The standard InChI is InChI=1S/C18H26N4OS/c1-5-19-18(21-11-17-14(3)22-12-24-17)20-9-8-15-10-13(2)6-7-16(15)23-4/h6-7,10,12H,5,8-9,11H2,1-4H3,(H2,19,20,21). The number of methoxy groups -OCH3 is 1. The highest BCUT2D eigenvalue weighted by Gasteiger charge is 2.05. The van der Waals surface area contributed by atoms with E-state index in [1.807, 2.05) is 18.5 Å². The molecule has 2 N–H and O–H groups in total. The van der Waals surface area contributed by atoms with Crippen molar-refractivity contribution in [1.82, 2.24) is 15.6 Å². The van der Waals surface area contributed by atoms with Gasteiger partial charge in [-0.1, -0.05) is 17.7 Å². The summed E-state index contributed by atoms with van der Waals surface area (Å²) in [5, 5.41) is 6.67. The summed E-state index contributed by atoms with van der Waals surface area (Å²) in [5.41, 5.74) is 5.38. The largest absolute Gasteiger partial charge is 0.496 e. The lowest BCUT2D eigenvalue weighted by molar-refractivity contribution is 0.409. The second kappa shape index (κ2) is 9.27. The molecule has 0 bridgehead atoms. The second-order valence-corrected chi connectivity index (χ2v) is 6.49. The molecule has 0 amide bonds. The van der Waals surface area contributed by atoms with E-state index < -0.39 is 0 Å². The van der Waals surface area contributed by atoms with Gasteiger partial charge in [0.05, 0.1) is 24.9 Å². The van der Waals surface area contributed by atoms with E-state index in [0.29, 0.717) is 6.54 Å². The Bertz CT molecular complexity index is 681. The third kappa shape index (κ3) is 5.23. The molecule has 24 heavy (non-hydrogen) atoms. The molecule has 130 valence electrons. The van der Waals surface area contributed by atoms with Gasteiger partial charge < -0.3 is 15.4 Å². The third-order valence-corrected chi connectivity index (χ3v) is 4.61. The predicted octanol–water partition coefficient (Wildman–Crippen LogP) is 3.07. The number of hydrogen-bond donors (Lipinski definition) is 2. The minimum absolute atomic E-state index is 0.652. The molecule has 2 aromatic rings. The third-order valence-electron chi connectivity index (χ3n) is 3.69. The van der Waals surface area contributed by atoms with Crippen molar-refractivity contribution in [3.8, 4) is 5.75 Å². The number of hydrogen-bond acceptors (Lipinski definition) is 4. The maximum atomic E-state index is 5.44. The van der Waals surface area contributed by atoms with Crippen molar-refractivity contribution in [2.75, 3.05) is 20.2 Å². The summed E-state index contributed by atoms with van der Waals surface area (Å²) in [7, 11) is 1.71. The van der Waals surface area contributed by atoms with Crippen LogP contribution in [0.5, 0.6) is 5.75 Å². The summed E-state index contributed by atoms with van der Waals surface area (Å²) in [6.07, 6.45) is 0.884. The van der Waals surface area contributed by atoms with Gasteiger partial charge in [0.25, 0.3) is 0 Å². The van der Waals surface area contributed by atoms with E-state index in [2.05, 4.69) is 46.6 Å². The Balaban J connectivity index is 1.94. The van der Waals surface area contributed by atoms with Crippen molar-refractivity contribution in [2.24, 2.45) is 4.99 Å². The Hall–Kier alpha value is -2.08. The Labute approximate surface area is 148 Å². The van der Waals surface area contributed by atoms with Crippen LogP contribution in [0.2, 0.25) is 0 Å². The number of ether oxygens (including phenoxy) is 1. The number of nitrogens with one attached hydrogen (secondary N) is 2. The average molecular weight is 347 g/mol. The summed E-state index contributed by atoms with van der Waals surface area (Å²) < 4.78 is 5.44. The fourth-order valence-electron chi connectivity index (χ4n) is 2.39. The van der Waals surface area contributed by atoms with Gasteiger partial charge in [0.1, 0.15) is 5.75 Å². The lowest BCUT2D eigenvalue weighted by atomic mass is 10.1. The van der Waals surface area contributed by atoms with Gasteiger partial charge in [-0.25, -0.2) is 9.98 Å². The van der Waals surface area contributed by atoms with Crippen molar-refractivity contribution in [1.29, 1.82) is 0 Å². The summed E-state index contributed by atoms with van der Waals surface area (Å²) in [6.45, 7) is 8.47. The van der Waals surface area contributed by atoms with Crippen molar-refractivity contribution in [3.05, 3.63) is 45.4 Å². The van der Waals surface area contributed by atoms with Crippen LogP contribution in [0.4, 0.5) is 0 Å². The first kappa shape index (κ1) is 18.3. The molecule has 1 aromatic carbocycles. The van der Waals surface area contributed by atoms with Crippen LogP contribution in [0.3, 0.4) is 0 Å². The van der Waals surface area contributed by atoms with Crippen LogP contribution in [0.25, 0.3) is 0 Å². The molecule has 5 nitrogen and oxygen atoms in total. The second-order valence-electron chi connectivity index (χ2n) is 5.55. The first-order chi connectivity index (χ1) is 11.6. The van der Waals surface area contributed by atoms with E-state index in [0.717, 1.165) is 36.9 Å². The summed E-state index contributed by atoms with van der Waals surface area (Å²) in [6, 6.07) is 6.26. The number of aliphatic imine (C=N–C) groups is 1. The number of nitrogens with zero attached hydrogens (tertiary/aromatic N) is 2. The van der Waals surface area contributed by atoms with Gasteiger partial charge in [-0.3, -0.25) is 0 Å². The molecule has 0 unspecified atom stereocenters.